The van der Waals surface area contributed by atoms with Gasteiger partial charge in [-0.2, -0.15) is 0 Å². The van der Waals surface area contributed by atoms with E-state index in [2.05, 4.69) is 5.32 Å². The number of hydrogen-bond donors (Lipinski definition) is 1. The first kappa shape index (κ1) is 14.1. The zero-order valence-electron chi connectivity index (χ0n) is 12.2. The van der Waals surface area contributed by atoms with Crippen molar-refractivity contribution in [1.82, 2.24) is 5.32 Å². The Morgan fingerprint density at radius 1 is 1.05 bits per heavy atom. The Balaban J connectivity index is 1.79. The van der Waals surface area contributed by atoms with Crippen molar-refractivity contribution in [2.75, 3.05) is 12.0 Å². The van der Waals surface area contributed by atoms with Crippen molar-refractivity contribution in [2.24, 2.45) is 0 Å². The monoisotopic (exact) mass is 296 g/mol. The predicted octanol–water partition coefficient (Wildman–Crippen LogP) is 2.36. The Morgan fingerprint density at radius 2 is 1.73 bits per heavy atom. The highest BCUT2D eigenvalue weighted by atomic mass is 16.5. The van der Waals surface area contributed by atoms with Gasteiger partial charge in [0.2, 0.25) is 0 Å². The molecule has 1 N–H and O–H groups in total. The smallest absolute Gasteiger partial charge is 0.329 e. The highest BCUT2D eigenvalue weighted by Gasteiger charge is 2.38. The van der Waals surface area contributed by atoms with Crippen molar-refractivity contribution >= 4 is 17.6 Å². The van der Waals surface area contributed by atoms with Crippen molar-refractivity contribution < 1.29 is 14.3 Å². The largest absolute Gasteiger partial charge is 0.497 e. The van der Waals surface area contributed by atoms with Crippen LogP contribution in [0.5, 0.6) is 5.75 Å². The molecule has 2 aromatic carbocycles. The molecule has 1 heterocycles. The van der Waals surface area contributed by atoms with Gasteiger partial charge in [-0.15, -0.1) is 0 Å². The zero-order valence-corrected chi connectivity index (χ0v) is 12.2. The number of amides is 3. The van der Waals surface area contributed by atoms with Gasteiger partial charge >= 0.3 is 6.03 Å². The molecule has 1 aliphatic heterocycles. The Hall–Kier alpha value is -2.82. The minimum atomic E-state index is -0.531. The molecular weight excluding hydrogens is 280 g/mol. The van der Waals surface area contributed by atoms with Crippen LogP contribution in [0.3, 0.4) is 0 Å². The Kier molecular flexibility index (Phi) is 3.78. The van der Waals surface area contributed by atoms with Gasteiger partial charge < -0.3 is 10.1 Å². The fourth-order valence-electron chi connectivity index (χ4n) is 2.50. The first-order valence-electron chi connectivity index (χ1n) is 7.01. The molecule has 1 atom stereocenters. The van der Waals surface area contributed by atoms with Crippen LogP contribution in [0.2, 0.25) is 0 Å². The van der Waals surface area contributed by atoms with Crippen LogP contribution in [0.4, 0.5) is 10.5 Å². The lowest BCUT2D eigenvalue weighted by molar-refractivity contribution is -0.118. The number of nitrogens with zero attached hydrogens (tertiary/aromatic N) is 1. The molecule has 0 radical (unpaired) electrons. The summed E-state index contributed by atoms with van der Waals surface area (Å²) in [6.45, 7) is 0. The van der Waals surface area contributed by atoms with Gasteiger partial charge in [-0.3, -0.25) is 4.79 Å². The predicted molar refractivity (Wildman–Crippen MR) is 82.9 cm³/mol. The van der Waals surface area contributed by atoms with E-state index in [4.69, 9.17) is 4.74 Å². The topological polar surface area (TPSA) is 58.6 Å². The van der Waals surface area contributed by atoms with Gasteiger partial charge in [0.15, 0.2) is 0 Å². The number of nitrogens with one attached hydrogen (secondary N) is 1. The average Bonchev–Trinajstić information content (AvgIpc) is 2.82. The molecule has 3 rings (SSSR count). The molecule has 2 aromatic rings. The molecule has 22 heavy (non-hydrogen) atoms. The summed E-state index contributed by atoms with van der Waals surface area (Å²) >= 11 is 0. The van der Waals surface area contributed by atoms with Gasteiger partial charge in [0.1, 0.15) is 11.8 Å². The summed E-state index contributed by atoms with van der Waals surface area (Å²) in [5, 5.41) is 2.74. The maximum Gasteiger partial charge on any atom is 0.329 e. The second-order valence-corrected chi connectivity index (χ2v) is 5.06. The zero-order chi connectivity index (χ0) is 15.5. The lowest BCUT2D eigenvalue weighted by Gasteiger charge is -2.13. The van der Waals surface area contributed by atoms with Crippen LogP contribution in [0.25, 0.3) is 0 Å². The highest BCUT2D eigenvalue weighted by molar-refractivity contribution is 6.21. The van der Waals surface area contributed by atoms with Crippen LogP contribution in [-0.4, -0.2) is 25.1 Å². The number of anilines is 1. The first-order valence-corrected chi connectivity index (χ1v) is 7.01. The molecule has 5 nitrogen and oxygen atoms in total. The van der Waals surface area contributed by atoms with Crippen LogP contribution < -0.4 is 15.0 Å². The summed E-state index contributed by atoms with van der Waals surface area (Å²) in [4.78, 5) is 25.8. The molecule has 0 bridgehead atoms. The van der Waals surface area contributed by atoms with Crippen LogP contribution in [-0.2, 0) is 11.2 Å². The number of carbonyl (C=O) groups is 2. The summed E-state index contributed by atoms with van der Waals surface area (Å²) in [7, 11) is 1.57. The van der Waals surface area contributed by atoms with Crippen LogP contribution in [0.15, 0.2) is 54.6 Å². The summed E-state index contributed by atoms with van der Waals surface area (Å²) in [5.41, 5.74) is 1.55. The van der Waals surface area contributed by atoms with Gasteiger partial charge in [0.25, 0.3) is 5.91 Å². The van der Waals surface area contributed by atoms with Gasteiger partial charge in [0.05, 0.1) is 12.8 Å². The second kappa shape index (κ2) is 5.89. The van der Waals surface area contributed by atoms with Gasteiger partial charge in [-0.1, -0.05) is 30.3 Å². The summed E-state index contributed by atoms with van der Waals surface area (Å²) in [5.74, 6) is 0.440. The fourth-order valence-corrected chi connectivity index (χ4v) is 2.50. The van der Waals surface area contributed by atoms with E-state index in [0.717, 1.165) is 5.56 Å². The number of benzene rings is 2. The molecule has 5 heteroatoms. The number of hydrogen-bond acceptors (Lipinski definition) is 3. The maximum absolute atomic E-state index is 12.5. The highest BCUT2D eigenvalue weighted by Crippen LogP contribution is 2.23. The third-order valence-electron chi connectivity index (χ3n) is 3.63. The third-order valence-corrected chi connectivity index (χ3v) is 3.63. The average molecular weight is 296 g/mol. The first-order chi connectivity index (χ1) is 10.7. The number of imide groups is 1. The number of ether oxygens (including phenoxy) is 1. The molecule has 0 spiro atoms. The Morgan fingerprint density at radius 3 is 2.36 bits per heavy atom. The summed E-state index contributed by atoms with van der Waals surface area (Å²) in [6.07, 6.45) is 0.484. The van der Waals surface area contributed by atoms with Crippen LogP contribution in [0.1, 0.15) is 5.56 Å². The number of methoxy groups -OCH3 is 1. The molecule has 3 amide bonds. The molecular formula is C17H16N2O3. The maximum atomic E-state index is 12.5. The number of urea groups is 1. The van der Waals surface area contributed by atoms with Gasteiger partial charge in [-0.25, -0.2) is 9.69 Å². The molecule has 0 unspecified atom stereocenters. The minimum Gasteiger partial charge on any atom is -0.497 e. The van der Waals surface area contributed by atoms with Gasteiger partial charge in [0, 0.05) is 6.42 Å². The second-order valence-electron chi connectivity index (χ2n) is 5.06. The van der Waals surface area contributed by atoms with E-state index in [1.165, 1.54) is 4.90 Å². The SMILES string of the molecule is COc1ccc(N2C(=O)N[C@@H](Cc3ccccc3)C2=O)cc1. The molecule has 112 valence electrons. The normalized spacial score (nSPS) is 17.5. The molecule has 1 aliphatic rings. The van der Waals surface area contributed by atoms with Crippen molar-refractivity contribution in [1.29, 1.82) is 0 Å². The standard InChI is InChI=1S/C17H16N2O3/c1-22-14-9-7-13(8-10-14)19-16(20)15(18-17(19)21)11-12-5-3-2-4-6-12/h2-10,15H,11H2,1H3,(H,18,21)/t15-/m0/s1. The molecule has 0 aliphatic carbocycles. The van der Waals surface area contributed by atoms with Crippen LogP contribution >= 0.6 is 0 Å². The quantitative estimate of drug-likeness (QED) is 0.881. The Labute approximate surface area is 128 Å². The van der Waals surface area contributed by atoms with E-state index < -0.39 is 12.1 Å². The molecule has 1 fully saturated rings. The molecule has 0 aromatic heterocycles. The van der Waals surface area contributed by atoms with E-state index in [-0.39, 0.29) is 5.91 Å². The summed E-state index contributed by atoms with van der Waals surface area (Å²) in [6, 6.07) is 15.5. The van der Waals surface area contributed by atoms with Crippen molar-refractivity contribution in [2.45, 2.75) is 12.5 Å². The van der Waals surface area contributed by atoms with E-state index in [0.29, 0.717) is 17.9 Å². The van der Waals surface area contributed by atoms with Gasteiger partial charge in [-0.05, 0) is 29.8 Å². The Bertz CT molecular complexity index is 683. The molecule has 0 saturated carbocycles. The number of carbonyl (C=O) groups excluding carboxylic acids is 2. The van der Waals surface area contributed by atoms with E-state index >= 15 is 0 Å². The van der Waals surface area contributed by atoms with E-state index in [9.17, 15) is 9.59 Å². The fraction of sp³-hybridized carbons (Fsp3) is 0.176. The number of rotatable bonds is 4. The molecule has 1 saturated heterocycles. The minimum absolute atomic E-state index is 0.237. The lowest BCUT2D eigenvalue weighted by atomic mass is 10.1. The van der Waals surface area contributed by atoms with E-state index in [1.54, 1.807) is 31.4 Å². The van der Waals surface area contributed by atoms with Crippen molar-refractivity contribution in [3.8, 4) is 5.75 Å². The third kappa shape index (κ3) is 2.65. The van der Waals surface area contributed by atoms with Crippen LogP contribution in [0, 0.1) is 0 Å². The van der Waals surface area contributed by atoms with E-state index in [1.807, 2.05) is 30.3 Å². The van der Waals surface area contributed by atoms with Crippen molar-refractivity contribution in [3.63, 3.8) is 0 Å². The summed E-state index contributed by atoms with van der Waals surface area (Å²) < 4.78 is 5.08. The van der Waals surface area contributed by atoms with Crippen molar-refractivity contribution in [3.05, 3.63) is 60.2 Å². The lowest BCUT2D eigenvalue weighted by Crippen LogP contribution is -2.32.